The lowest BCUT2D eigenvalue weighted by Gasteiger charge is -2.28. The molecule has 0 bridgehead atoms. The van der Waals surface area contributed by atoms with Crippen LogP contribution >= 0.6 is 0 Å². The molecule has 4 heterocycles. The molecule has 0 atom stereocenters. The molecule has 7 nitrogen and oxygen atoms in total. The van der Waals surface area contributed by atoms with Crippen LogP contribution in [0, 0.1) is 6.92 Å². The molecular formula is C20H25N5O2. The summed E-state index contributed by atoms with van der Waals surface area (Å²) >= 11 is 0. The molecule has 0 aromatic carbocycles. The summed E-state index contributed by atoms with van der Waals surface area (Å²) in [5.41, 5.74) is 6.04. The van der Waals surface area contributed by atoms with Gasteiger partial charge >= 0.3 is 0 Å². The summed E-state index contributed by atoms with van der Waals surface area (Å²) in [6.45, 7) is 6.02. The molecule has 1 aliphatic rings. The highest BCUT2D eigenvalue weighted by atomic mass is 16.5. The van der Waals surface area contributed by atoms with Crippen LogP contribution in [-0.4, -0.2) is 59.6 Å². The van der Waals surface area contributed by atoms with Crippen LogP contribution in [0.15, 0.2) is 30.6 Å². The molecule has 1 aliphatic heterocycles. The minimum absolute atomic E-state index is 0.746. The topological polar surface area (TPSA) is 64.8 Å². The average Bonchev–Trinajstić information content (AvgIpc) is 3.05. The second-order valence-electron chi connectivity index (χ2n) is 6.73. The van der Waals surface area contributed by atoms with Gasteiger partial charge in [-0.3, -0.25) is 4.98 Å². The van der Waals surface area contributed by atoms with Gasteiger partial charge in [0.1, 0.15) is 0 Å². The van der Waals surface area contributed by atoms with Gasteiger partial charge in [-0.05, 0) is 38.0 Å². The molecule has 0 aliphatic carbocycles. The number of pyridine rings is 1. The Balaban J connectivity index is 1.67. The van der Waals surface area contributed by atoms with E-state index in [-0.39, 0.29) is 0 Å². The minimum atomic E-state index is 0.746. The summed E-state index contributed by atoms with van der Waals surface area (Å²) in [6, 6.07) is 6.22. The van der Waals surface area contributed by atoms with Crippen LogP contribution in [0.25, 0.3) is 16.9 Å². The Morgan fingerprint density at radius 2 is 2.04 bits per heavy atom. The Bertz CT molecular complexity index is 901. The summed E-state index contributed by atoms with van der Waals surface area (Å²) in [7, 11) is 1.72. The van der Waals surface area contributed by atoms with Gasteiger partial charge in [0.05, 0.1) is 36.5 Å². The number of nitrogens with zero attached hydrogens (tertiary/aromatic N) is 5. The van der Waals surface area contributed by atoms with Crippen LogP contribution in [0.4, 0.5) is 5.69 Å². The third-order valence-corrected chi connectivity index (χ3v) is 4.90. The number of fused-ring (bicyclic) bond motifs is 1. The predicted molar refractivity (Wildman–Crippen MR) is 104 cm³/mol. The number of anilines is 1. The van der Waals surface area contributed by atoms with E-state index in [1.165, 1.54) is 0 Å². The highest BCUT2D eigenvalue weighted by molar-refractivity contribution is 5.75. The molecule has 1 fully saturated rings. The van der Waals surface area contributed by atoms with Gasteiger partial charge in [-0.25, -0.2) is 9.50 Å². The van der Waals surface area contributed by atoms with E-state index in [4.69, 9.17) is 14.5 Å². The summed E-state index contributed by atoms with van der Waals surface area (Å²) < 4.78 is 12.5. The zero-order valence-electron chi connectivity index (χ0n) is 15.9. The second kappa shape index (κ2) is 8.02. The monoisotopic (exact) mass is 367 g/mol. The van der Waals surface area contributed by atoms with Gasteiger partial charge in [0.2, 0.25) is 0 Å². The zero-order chi connectivity index (χ0) is 18.6. The van der Waals surface area contributed by atoms with Gasteiger partial charge in [0.15, 0.2) is 5.65 Å². The van der Waals surface area contributed by atoms with E-state index in [9.17, 15) is 0 Å². The average molecular weight is 367 g/mol. The molecule has 7 heteroatoms. The molecule has 0 amide bonds. The molecule has 142 valence electrons. The van der Waals surface area contributed by atoms with Crippen LogP contribution in [0.3, 0.4) is 0 Å². The first-order valence-corrected chi connectivity index (χ1v) is 9.39. The quantitative estimate of drug-likeness (QED) is 0.624. The van der Waals surface area contributed by atoms with Crippen LogP contribution in [0.1, 0.15) is 17.8 Å². The number of rotatable bonds is 6. The molecule has 0 spiro atoms. The first-order valence-electron chi connectivity index (χ1n) is 9.39. The van der Waals surface area contributed by atoms with Gasteiger partial charge in [0.25, 0.3) is 0 Å². The number of morpholine rings is 1. The van der Waals surface area contributed by atoms with Crippen molar-refractivity contribution in [1.29, 1.82) is 0 Å². The lowest BCUT2D eigenvalue weighted by Crippen LogP contribution is -2.36. The predicted octanol–water partition coefficient (Wildman–Crippen LogP) is 2.52. The highest BCUT2D eigenvalue weighted by Gasteiger charge is 2.19. The van der Waals surface area contributed by atoms with Crippen LogP contribution in [0.5, 0.6) is 0 Å². The zero-order valence-corrected chi connectivity index (χ0v) is 15.9. The van der Waals surface area contributed by atoms with E-state index in [1.807, 2.05) is 29.9 Å². The SMILES string of the molecule is COCCCc1ccc(-c2c(C)nc3c(N4CCOCC4)ccnn23)cn1. The maximum atomic E-state index is 5.48. The Kier molecular flexibility index (Phi) is 5.31. The summed E-state index contributed by atoms with van der Waals surface area (Å²) in [6.07, 6.45) is 5.65. The lowest BCUT2D eigenvalue weighted by molar-refractivity contribution is 0.123. The van der Waals surface area contributed by atoms with E-state index in [2.05, 4.69) is 27.1 Å². The van der Waals surface area contributed by atoms with Crippen LogP contribution in [-0.2, 0) is 15.9 Å². The van der Waals surface area contributed by atoms with E-state index >= 15 is 0 Å². The summed E-state index contributed by atoms with van der Waals surface area (Å²) in [5.74, 6) is 0. The number of imidazole rings is 1. The highest BCUT2D eigenvalue weighted by Crippen LogP contribution is 2.28. The molecule has 0 N–H and O–H groups in total. The van der Waals surface area contributed by atoms with E-state index in [0.29, 0.717) is 0 Å². The van der Waals surface area contributed by atoms with Crippen molar-refractivity contribution >= 4 is 11.3 Å². The van der Waals surface area contributed by atoms with Gasteiger partial charge in [0, 0.05) is 44.3 Å². The fourth-order valence-electron chi connectivity index (χ4n) is 3.53. The van der Waals surface area contributed by atoms with Crippen LogP contribution < -0.4 is 4.90 Å². The Labute approximate surface area is 158 Å². The number of hydrogen-bond acceptors (Lipinski definition) is 6. The third kappa shape index (κ3) is 3.65. The molecule has 0 unspecified atom stereocenters. The van der Waals surface area contributed by atoms with Gasteiger partial charge in [-0.2, -0.15) is 5.10 Å². The van der Waals surface area contributed by atoms with Crippen molar-refractivity contribution in [2.24, 2.45) is 0 Å². The lowest BCUT2D eigenvalue weighted by atomic mass is 10.1. The Hall–Kier alpha value is -2.51. The summed E-state index contributed by atoms with van der Waals surface area (Å²) in [4.78, 5) is 11.8. The van der Waals surface area contributed by atoms with Crippen molar-refractivity contribution < 1.29 is 9.47 Å². The molecule has 0 saturated carbocycles. The summed E-state index contributed by atoms with van der Waals surface area (Å²) in [5, 5.41) is 4.57. The number of methoxy groups -OCH3 is 1. The molecule has 1 saturated heterocycles. The van der Waals surface area contributed by atoms with Gasteiger partial charge in [-0.15, -0.1) is 0 Å². The minimum Gasteiger partial charge on any atom is -0.385 e. The first kappa shape index (κ1) is 17.9. The molecule has 0 radical (unpaired) electrons. The Morgan fingerprint density at radius 1 is 1.19 bits per heavy atom. The first-order chi connectivity index (χ1) is 13.3. The van der Waals surface area contributed by atoms with Crippen molar-refractivity contribution in [2.45, 2.75) is 19.8 Å². The van der Waals surface area contributed by atoms with Crippen molar-refractivity contribution in [3.8, 4) is 11.3 Å². The molecule has 27 heavy (non-hydrogen) atoms. The second-order valence-corrected chi connectivity index (χ2v) is 6.73. The molecule has 4 rings (SSSR count). The van der Waals surface area contributed by atoms with Crippen LogP contribution in [0.2, 0.25) is 0 Å². The van der Waals surface area contributed by atoms with Gasteiger partial charge in [-0.1, -0.05) is 0 Å². The number of ether oxygens (including phenoxy) is 2. The number of aryl methyl sites for hydroxylation is 2. The maximum absolute atomic E-state index is 5.48. The number of aromatic nitrogens is 4. The third-order valence-electron chi connectivity index (χ3n) is 4.90. The van der Waals surface area contributed by atoms with E-state index in [1.54, 1.807) is 7.11 Å². The largest absolute Gasteiger partial charge is 0.385 e. The van der Waals surface area contributed by atoms with Crippen molar-refractivity contribution in [3.05, 3.63) is 42.0 Å². The van der Waals surface area contributed by atoms with E-state index in [0.717, 1.165) is 79.7 Å². The van der Waals surface area contributed by atoms with Crippen molar-refractivity contribution in [2.75, 3.05) is 44.9 Å². The van der Waals surface area contributed by atoms with Crippen molar-refractivity contribution in [1.82, 2.24) is 19.6 Å². The maximum Gasteiger partial charge on any atom is 0.178 e. The smallest absolute Gasteiger partial charge is 0.178 e. The fourth-order valence-corrected chi connectivity index (χ4v) is 3.53. The normalized spacial score (nSPS) is 14.8. The molecule has 3 aromatic heterocycles. The van der Waals surface area contributed by atoms with E-state index < -0.39 is 0 Å². The molecular weight excluding hydrogens is 342 g/mol. The Morgan fingerprint density at radius 3 is 2.78 bits per heavy atom. The van der Waals surface area contributed by atoms with Gasteiger partial charge < -0.3 is 14.4 Å². The van der Waals surface area contributed by atoms with Crippen molar-refractivity contribution in [3.63, 3.8) is 0 Å². The standard InChI is InChI=1S/C20H25N5O2/c1-15-19(16-5-6-17(21-14-16)4-3-11-26-2)25-20(23-15)18(7-8-22-25)24-9-12-27-13-10-24/h5-8,14H,3-4,9-13H2,1-2H3. The fraction of sp³-hybridized carbons (Fsp3) is 0.450. The molecule has 3 aromatic rings. The number of hydrogen-bond donors (Lipinski definition) is 0.